The minimum atomic E-state index is -3.70. The highest BCUT2D eigenvalue weighted by atomic mass is 35.5. The Morgan fingerprint density at radius 2 is 1.65 bits per heavy atom. The molecule has 1 aliphatic rings. The summed E-state index contributed by atoms with van der Waals surface area (Å²) in [6, 6.07) is 8.06. The molecule has 1 aliphatic heterocycles. The van der Waals surface area contributed by atoms with E-state index in [9.17, 15) is 17.2 Å². The van der Waals surface area contributed by atoms with Crippen LogP contribution in [0.4, 0.5) is 13.9 Å². The van der Waals surface area contributed by atoms with Crippen molar-refractivity contribution >= 4 is 49.7 Å². The number of halogens is 4. The summed E-state index contributed by atoms with van der Waals surface area (Å²) >= 11 is 13.3. The number of hydrogen-bond donors (Lipinski definition) is 0. The number of benzene rings is 2. The van der Waals surface area contributed by atoms with E-state index in [1.54, 1.807) is 0 Å². The zero-order valence-corrected chi connectivity index (χ0v) is 19.2. The molecule has 31 heavy (non-hydrogen) atoms. The van der Waals surface area contributed by atoms with Gasteiger partial charge in [0.1, 0.15) is 0 Å². The highest BCUT2D eigenvalue weighted by molar-refractivity contribution is 7.89. The second-order valence-electron chi connectivity index (χ2n) is 7.04. The van der Waals surface area contributed by atoms with Crippen LogP contribution in [-0.4, -0.2) is 43.9 Å². The molecular formula is C20H17Cl2F2N3O2S2. The first kappa shape index (κ1) is 22.4. The summed E-state index contributed by atoms with van der Waals surface area (Å²) in [4.78, 5) is 6.66. The van der Waals surface area contributed by atoms with Gasteiger partial charge < -0.3 is 4.90 Å². The Kier molecular flexibility index (Phi) is 6.50. The number of rotatable bonds is 5. The van der Waals surface area contributed by atoms with Gasteiger partial charge in [-0.3, -0.25) is 0 Å². The maximum absolute atomic E-state index is 13.4. The Labute approximate surface area is 192 Å². The normalized spacial score (nSPS) is 15.4. The molecule has 0 unspecified atom stereocenters. The summed E-state index contributed by atoms with van der Waals surface area (Å²) < 4.78 is 53.7. The van der Waals surface area contributed by atoms with Crippen molar-refractivity contribution in [3.63, 3.8) is 0 Å². The lowest BCUT2D eigenvalue weighted by atomic mass is 10.1. The van der Waals surface area contributed by atoms with Crippen molar-refractivity contribution in [2.75, 3.05) is 31.1 Å². The first-order valence-electron chi connectivity index (χ1n) is 9.32. The molecule has 164 valence electrons. The lowest BCUT2D eigenvalue weighted by Crippen LogP contribution is -2.48. The zero-order chi connectivity index (χ0) is 22.2. The van der Waals surface area contributed by atoms with Gasteiger partial charge in [-0.25, -0.2) is 22.2 Å². The Hall–Kier alpha value is -1.78. The average molecular weight is 504 g/mol. The first-order valence-corrected chi connectivity index (χ1v) is 12.4. The summed E-state index contributed by atoms with van der Waals surface area (Å²) in [6.07, 6.45) is 0.386. The molecule has 0 amide bonds. The molecule has 11 heteroatoms. The van der Waals surface area contributed by atoms with Crippen LogP contribution < -0.4 is 4.90 Å². The molecule has 2 aromatic carbocycles. The number of nitrogens with zero attached hydrogens (tertiary/aromatic N) is 3. The van der Waals surface area contributed by atoms with Crippen LogP contribution in [0.25, 0.3) is 0 Å². The molecule has 1 aromatic heterocycles. The second kappa shape index (κ2) is 8.99. The van der Waals surface area contributed by atoms with E-state index in [2.05, 4.69) is 4.98 Å². The van der Waals surface area contributed by atoms with Crippen molar-refractivity contribution in [3.8, 4) is 0 Å². The second-order valence-corrected chi connectivity index (χ2v) is 10.7. The summed E-state index contributed by atoms with van der Waals surface area (Å²) in [5.41, 5.74) is 1.38. The Morgan fingerprint density at radius 1 is 0.968 bits per heavy atom. The van der Waals surface area contributed by atoms with Crippen molar-refractivity contribution in [2.24, 2.45) is 0 Å². The molecule has 2 heterocycles. The largest absolute Gasteiger partial charge is 0.345 e. The van der Waals surface area contributed by atoms with Crippen molar-refractivity contribution in [3.05, 3.63) is 74.7 Å². The van der Waals surface area contributed by atoms with Crippen molar-refractivity contribution in [2.45, 2.75) is 11.3 Å². The van der Waals surface area contributed by atoms with E-state index in [4.69, 9.17) is 23.2 Å². The summed E-state index contributed by atoms with van der Waals surface area (Å²) in [6.45, 7) is 1.55. The van der Waals surface area contributed by atoms with Crippen LogP contribution in [-0.2, 0) is 16.4 Å². The minimum Gasteiger partial charge on any atom is -0.345 e. The van der Waals surface area contributed by atoms with E-state index in [0.29, 0.717) is 38.2 Å². The van der Waals surface area contributed by atoms with Gasteiger partial charge in [0.05, 0.1) is 10.6 Å². The standard InChI is InChI=1S/C20H17Cl2F2N3O2S2/c21-14-9-15(22)11-17(10-14)31(28,29)27-5-3-26(4-6-27)20-25-16(12-30-20)7-13-1-2-18(23)19(24)8-13/h1-2,8-12H,3-7H2. The number of piperazine rings is 1. The molecule has 3 aromatic rings. The van der Waals surface area contributed by atoms with Crippen LogP contribution in [0.1, 0.15) is 11.3 Å². The average Bonchev–Trinajstić information content (AvgIpc) is 3.18. The van der Waals surface area contributed by atoms with Crippen LogP contribution in [0.3, 0.4) is 0 Å². The van der Waals surface area contributed by atoms with Crippen LogP contribution in [0.2, 0.25) is 10.0 Å². The smallest absolute Gasteiger partial charge is 0.243 e. The number of sulfonamides is 1. The predicted octanol–water partition coefficient (Wildman–Crippen LogP) is 4.83. The fourth-order valence-electron chi connectivity index (χ4n) is 3.33. The van der Waals surface area contributed by atoms with Crippen LogP contribution in [0.15, 0.2) is 46.7 Å². The predicted molar refractivity (Wildman–Crippen MR) is 119 cm³/mol. The molecule has 0 aliphatic carbocycles. The van der Waals surface area contributed by atoms with Gasteiger partial charge in [0.2, 0.25) is 10.0 Å². The van der Waals surface area contributed by atoms with E-state index < -0.39 is 21.7 Å². The summed E-state index contributed by atoms with van der Waals surface area (Å²) in [7, 11) is -3.70. The van der Waals surface area contributed by atoms with Gasteiger partial charge in [0.15, 0.2) is 16.8 Å². The van der Waals surface area contributed by atoms with Gasteiger partial charge in [-0.05, 0) is 35.9 Å². The Morgan fingerprint density at radius 3 is 2.29 bits per heavy atom. The van der Waals surface area contributed by atoms with E-state index in [1.807, 2.05) is 10.3 Å². The number of anilines is 1. The zero-order valence-electron chi connectivity index (χ0n) is 16.1. The molecular weight excluding hydrogens is 487 g/mol. The third-order valence-corrected chi connectivity index (χ3v) is 8.15. The number of aromatic nitrogens is 1. The molecule has 0 atom stereocenters. The molecule has 0 N–H and O–H groups in total. The van der Waals surface area contributed by atoms with E-state index >= 15 is 0 Å². The van der Waals surface area contributed by atoms with Crippen molar-refractivity contribution in [1.29, 1.82) is 0 Å². The molecule has 1 fully saturated rings. The third kappa shape index (κ3) is 5.01. The highest BCUT2D eigenvalue weighted by Crippen LogP contribution is 2.28. The fourth-order valence-corrected chi connectivity index (χ4v) is 6.36. The van der Waals surface area contributed by atoms with E-state index in [-0.39, 0.29) is 14.9 Å². The SMILES string of the molecule is O=S(=O)(c1cc(Cl)cc(Cl)c1)N1CCN(c2nc(Cc3ccc(F)c(F)c3)cs2)CC1. The lowest BCUT2D eigenvalue weighted by molar-refractivity contribution is 0.384. The maximum atomic E-state index is 13.4. The summed E-state index contributed by atoms with van der Waals surface area (Å²) in [5.74, 6) is -1.76. The van der Waals surface area contributed by atoms with Crippen molar-refractivity contribution in [1.82, 2.24) is 9.29 Å². The minimum absolute atomic E-state index is 0.0708. The van der Waals surface area contributed by atoms with E-state index in [0.717, 1.165) is 16.9 Å². The molecule has 0 spiro atoms. The number of hydrogen-bond acceptors (Lipinski definition) is 5. The van der Waals surface area contributed by atoms with Gasteiger partial charge in [0.25, 0.3) is 0 Å². The quantitative estimate of drug-likeness (QED) is 0.500. The van der Waals surface area contributed by atoms with Crippen LogP contribution in [0, 0.1) is 11.6 Å². The molecule has 1 saturated heterocycles. The lowest BCUT2D eigenvalue weighted by Gasteiger charge is -2.33. The van der Waals surface area contributed by atoms with Gasteiger partial charge in [0, 0.05) is 48.0 Å². The van der Waals surface area contributed by atoms with Gasteiger partial charge in [-0.15, -0.1) is 11.3 Å². The molecule has 0 radical (unpaired) electrons. The number of thiazole rings is 1. The molecule has 5 nitrogen and oxygen atoms in total. The van der Waals surface area contributed by atoms with Gasteiger partial charge in [-0.1, -0.05) is 29.3 Å². The van der Waals surface area contributed by atoms with E-state index in [1.165, 1.54) is 46.0 Å². The maximum Gasteiger partial charge on any atom is 0.243 e. The first-order chi connectivity index (χ1) is 14.7. The van der Waals surface area contributed by atoms with Gasteiger partial charge in [-0.2, -0.15) is 4.31 Å². The van der Waals surface area contributed by atoms with Crippen LogP contribution in [0.5, 0.6) is 0 Å². The topological polar surface area (TPSA) is 53.5 Å². The molecule has 0 saturated carbocycles. The monoisotopic (exact) mass is 503 g/mol. The van der Waals surface area contributed by atoms with Crippen LogP contribution >= 0.6 is 34.5 Å². The highest BCUT2D eigenvalue weighted by Gasteiger charge is 2.30. The summed E-state index contributed by atoms with van der Waals surface area (Å²) in [5, 5.41) is 3.16. The van der Waals surface area contributed by atoms with Crippen molar-refractivity contribution < 1.29 is 17.2 Å². The Bertz CT molecular complexity index is 1190. The molecule has 0 bridgehead atoms. The molecule has 4 rings (SSSR count). The van der Waals surface area contributed by atoms with Gasteiger partial charge >= 0.3 is 0 Å². The Balaban J connectivity index is 1.41. The fraction of sp³-hybridized carbons (Fsp3) is 0.250. The third-order valence-electron chi connectivity index (χ3n) is 4.89.